The van der Waals surface area contributed by atoms with Crippen molar-refractivity contribution in [1.29, 1.82) is 0 Å². The highest BCUT2D eigenvalue weighted by atomic mass is 32.2. The second kappa shape index (κ2) is 7.66. The van der Waals surface area contributed by atoms with E-state index < -0.39 is 10.0 Å². The monoisotopic (exact) mass is 414 g/mol. The van der Waals surface area contributed by atoms with E-state index in [9.17, 15) is 13.2 Å². The Morgan fingerprint density at radius 2 is 1.75 bits per heavy atom. The lowest BCUT2D eigenvalue weighted by Gasteiger charge is -2.32. The number of carbonyl (C=O) groups is 1. The topological polar surface area (TPSA) is 57.7 Å². The van der Waals surface area contributed by atoms with Gasteiger partial charge in [0.05, 0.1) is 0 Å². The highest BCUT2D eigenvalue weighted by molar-refractivity contribution is 7.91. The van der Waals surface area contributed by atoms with Gasteiger partial charge in [0.1, 0.15) is 4.21 Å². The van der Waals surface area contributed by atoms with E-state index >= 15 is 0 Å². The number of fused-ring (bicyclic) bond motifs is 1. The summed E-state index contributed by atoms with van der Waals surface area (Å²) in [5.41, 5.74) is 0.859. The van der Waals surface area contributed by atoms with Gasteiger partial charge in [0, 0.05) is 31.7 Å². The van der Waals surface area contributed by atoms with Gasteiger partial charge >= 0.3 is 0 Å². The molecule has 0 radical (unpaired) electrons. The largest absolute Gasteiger partial charge is 0.315 e. The second-order valence-corrected chi connectivity index (χ2v) is 10.2. The number of nitrogens with zero attached hydrogens (tertiary/aromatic N) is 2. The number of sulfonamides is 1. The molecule has 1 aliphatic rings. The fraction of sp³-hybridized carbons (Fsp3) is 0.286. The van der Waals surface area contributed by atoms with Gasteiger partial charge in [0.2, 0.25) is 5.91 Å². The number of anilines is 1. The van der Waals surface area contributed by atoms with Gasteiger partial charge in [-0.25, -0.2) is 8.42 Å². The highest BCUT2D eigenvalue weighted by Crippen LogP contribution is 2.29. The van der Waals surface area contributed by atoms with Crippen LogP contribution in [0.25, 0.3) is 10.8 Å². The van der Waals surface area contributed by atoms with E-state index in [4.69, 9.17) is 0 Å². The average Bonchev–Trinajstić information content (AvgIpc) is 3.28. The van der Waals surface area contributed by atoms with Gasteiger partial charge in [-0.3, -0.25) is 4.79 Å². The molecule has 3 aromatic rings. The zero-order valence-electron chi connectivity index (χ0n) is 15.6. The Morgan fingerprint density at radius 3 is 2.43 bits per heavy atom. The molecule has 1 fully saturated rings. The molecule has 0 bridgehead atoms. The van der Waals surface area contributed by atoms with Crippen molar-refractivity contribution in [2.24, 2.45) is 5.92 Å². The molecule has 1 aliphatic heterocycles. The molecule has 0 aliphatic carbocycles. The Labute approximate surface area is 169 Å². The van der Waals surface area contributed by atoms with Crippen molar-refractivity contribution in [2.75, 3.05) is 25.0 Å². The summed E-state index contributed by atoms with van der Waals surface area (Å²) in [6, 6.07) is 17.4. The molecule has 28 heavy (non-hydrogen) atoms. The summed E-state index contributed by atoms with van der Waals surface area (Å²) in [6.45, 7) is 0.754. The third-order valence-electron chi connectivity index (χ3n) is 5.34. The zero-order valence-corrected chi connectivity index (χ0v) is 17.2. The number of benzene rings is 2. The van der Waals surface area contributed by atoms with E-state index in [0.29, 0.717) is 30.1 Å². The van der Waals surface area contributed by atoms with Crippen molar-refractivity contribution in [2.45, 2.75) is 17.1 Å². The molecular formula is C21H22N2O3S2. The van der Waals surface area contributed by atoms with E-state index in [2.05, 4.69) is 0 Å². The van der Waals surface area contributed by atoms with Crippen LogP contribution in [0, 0.1) is 5.92 Å². The van der Waals surface area contributed by atoms with Crippen LogP contribution in [0.1, 0.15) is 12.8 Å². The molecule has 146 valence electrons. The summed E-state index contributed by atoms with van der Waals surface area (Å²) in [5.74, 6) is -0.116. The van der Waals surface area contributed by atoms with Crippen molar-refractivity contribution in [3.05, 3.63) is 60.0 Å². The number of rotatable bonds is 4. The molecule has 1 saturated heterocycles. The fourth-order valence-corrected chi connectivity index (χ4v) is 6.28. The molecular weight excluding hydrogens is 392 g/mol. The maximum atomic E-state index is 13.0. The Kier molecular flexibility index (Phi) is 5.23. The number of hydrogen-bond donors (Lipinski definition) is 0. The lowest BCUT2D eigenvalue weighted by Crippen LogP contribution is -2.43. The van der Waals surface area contributed by atoms with E-state index in [-0.39, 0.29) is 11.8 Å². The molecule has 0 atom stereocenters. The van der Waals surface area contributed by atoms with Crippen LogP contribution in [0.4, 0.5) is 5.69 Å². The molecule has 7 heteroatoms. The maximum absolute atomic E-state index is 13.0. The zero-order chi connectivity index (χ0) is 19.7. The van der Waals surface area contributed by atoms with E-state index in [1.54, 1.807) is 29.5 Å². The third kappa shape index (κ3) is 3.57. The van der Waals surface area contributed by atoms with Gasteiger partial charge in [0.25, 0.3) is 10.0 Å². The molecule has 0 saturated carbocycles. The molecule has 1 amide bonds. The Morgan fingerprint density at radius 1 is 1.04 bits per heavy atom. The first-order valence-electron chi connectivity index (χ1n) is 9.27. The van der Waals surface area contributed by atoms with Crippen molar-refractivity contribution >= 4 is 43.7 Å². The van der Waals surface area contributed by atoms with E-state index in [1.807, 2.05) is 42.5 Å². The SMILES string of the molecule is CN(C(=O)C1CCN(S(=O)(=O)c2cccs2)CC1)c1ccc2ccccc2c1. The molecule has 1 aromatic heterocycles. The van der Waals surface area contributed by atoms with Crippen LogP contribution in [0.15, 0.2) is 64.2 Å². The normalized spacial score (nSPS) is 16.3. The van der Waals surface area contributed by atoms with E-state index in [0.717, 1.165) is 16.5 Å². The first kappa shape index (κ1) is 19.1. The van der Waals surface area contributed by atoms with Crippen LogP contribution in [0.5, 0.6) is 0 Å². The van der Waals surface area contributed by atoms with Gasteiger partial charge in [-0.2, -0.15) is 4.31 Å². The Bertz CT molecular complexity index is 1090. The molecule has 0 spiro atoms. The van der Waals surface area contributed by atoms with Crippen LogP contribution in [0.2, 0.25) is 0 Å². The molecule has 5 nitrogen and oxygen atoms in total. The summed E-state index contributed by atoms with van der Waals surface area (Å²) in [4.78, 5) is 14.7. The van der Waals surface area contributed by atoms with Gasteiger partial charge in [-0.05, 0) is 47.2 Å². The van der Waals surface area contributed by atoms with E-state index in [1.165, 1.54) is 15.6 Å². The first-order chi connectivity index (χ1) is 13.5. The predicted molar refractivity (Wildman–Crippen MR) is 113 cm³/mol. The maximum Gasteiger partial charge on any atom is 0.252 e. The van der Waals surface area contributed by atoms with Crippen LogP contribution >= 0.6 is 11.3 Å². The minimum Gasteiger partial charge on any atom is -0.315 e. The molecule has 0 N–H and O–H groups in total. The minimum absolute atomic E-state index is 0.0449. The fourth-order valence-electron chi connectivity index (χ4n) is 3.67. The highest BCUT2D eigenvalue weighted by Gasteiger charge is 2.33. The average molecular weight is 415 g/mol. The van der Waals surface area contributed by atoms with Gasteiger partial charge in [0.15, 0.2) is 0 Å². The quantitative estimate of drug-likeness (QED) is 0.649. The van der Waals surface area contributed by atoms with Crippen molar-refractivity contribution in [3.63, 3.8) is 0 Å². The molecule has 2 heterocycles. The van der Waals surface area contributed by atoms with Crippen LogP contribution in [0.3, 0.4) is 0 Å². The Hall–Kier alpha value is -2.22. The standard InChI is InChI=1S/C21H22N2O3S2/c1-22(19-9-8-16-5-2-3-6-18(16)15-19)21(24)17-10-12-23(13-11-17)28(25,26)20-7-4-14-27-20/h2-9,14-15,17H,10-13H2,1H3. The van der Waals surface area contributed by atoms with Crippen molar-refractivity contribution in [1.82, 2.24) is 4.31 Å². The summed E-state index contributed by atoms with van der Waals surface area (Å²) < 4.78 is 27.2. The summed E-state index contributed by atoms with van der Waals surface area (Å²) in [6.07, 6.45) is 1.09. The number of amides is 1. The number of carbonyl (C=O) groups excluding carboxylic acids is 1. The molecule has 0 unspecified atom stereocenters. The Balaban J connectivity index is 1.44. The summed E-state index contributed by atoms with van der Waals surface area (Å²) in [5, 5.41) is 4.00. The summed E-state index contributed by atoms with van der Waals surface area (Å²) in [7, 11) is -1.64. The van der Waals surface area contributed by atoms with Crippen LogP contribution < -0.4 is 4.90 Å². The minimum atomic E-state index is -3.44. The number of thiophene rings is 1. The van der Waals surface area contributed by atoms with Gasteiger partial charge in [-0.15, -0.1) is 11.3 Å². The van der Waals surface area contributed by atoms with Crippen molar-refractivity contribution < 1.29 is 13.2 Å². The second-order valence-electron chi connectivity index (χ2n) is 7.04. The van der Waals surface area contributed by atoms with Gasteiger partial charge in [-0.1, -0.05) is 36.4 Å². The van der Waals surface area contributed by atoms with Gasteiger partial charge < -0.3 is 4.90 Å². The molecule has 4 rings (SSSR count). The smallest absolute Gasteiger partial charge is 0.252 e. The van der Waals surface area contributed by atoms with Crippen LogP contribution in [-0.2, 0) is 14.8 Å². The lowest BCUT2D eigenvalue weighted by atomic mass is 9.96. The molecule has 2 aromatic carbocycles. The predicted octanol–water partition coefficient (Wildman–Crippen LogP) is 3.97. The van der Waals surface area contributed by atoms with Crippen LogP contribution in [-0.4, -0.2) is 38.8 Å². The third-order valence-corrected chi connectivity index (χ3v) is 8.62. The number of piperidine rings is 1. The first-order valence-corrected chi connectivity index (χ1v) is 11.6. The lowest BCUT2D eigenvalue weighted by molar-refractivity contribution is -0.123. The van der Waals surface area contributed by atoms with Crippen molar-refractivity contribution in [3.8, 4) is 0 Å². The summed E-state index contributed by atoms with van der Waals surface area (Å²) >= 11 is 1.23. The number of hydrogen-bond acceptors (Lipinski definition) is 4.